The van der Waals surface area contributed by atoms with Crippen molar-refractivity contribution in [2.45, 2.75) is 72.1 Å². The van der Waals surface area contributed by atoms with Gasteiger partial charge in [0.05, 0.1) is 15.7 Å². The van der Waals surface area contributed by atoms with Gasteiger partial charge < -0.3 is 0 Å². The lowest BCUT2D eigenvalue weighted by molar-refractivity contribution is 0.712. The zero-order chi connectivity index (χ0) is 18.8. The maximum absolute atomic E-state index is 4.95. The molecule has 0 aliphatic heterocycles. The van der Waals surface area contributed by atoms with Crippen LogP contribution in [-0.2, 0) is 12.8 Å². The van der Waals surface area contributed by atoms with Crippen LogP contribution in [0.25, 0.3) is 0 Å². The molecule has 0 aliphatic rings. The lowest BCUT2D eigenvalue weighted by Gasteiger charge is -2.10. The molecule has 3 rings (SSSR count). The molecular formula is C21H28N2S3. The van der Waals surface area contributed by atoms with Gasteiger partial charge in [-0.05, 0) is 49.1 Å². The Hall–Kier alpha value is -1.04. The topological polar surface area (TPSA) is 25.8 Å². The van der Waals surface area contributed by atoms with Crippen molar-refractivity contribution in [2.75, 3.05) is 0 Å². The lowest BCUT2D eigenvalue weighted by Crippen LogP contribution is -2.01. The zero-order valence-electron chi connectivity index (χ0n) is 16.5. The highest BCUT2D eigenvalue weighted by molar-refractivity contribution is 7.10. The molecule has 2 unspecified atom stereocenters. The van der Waals surface area contributed by atoms with E-state index in [0.29, 0.717) is 17.8 Å². The zero-order valence-corrected chi connectivity index (χ0v) is 18.9. The molecule has 140 valence electrons. The summed E-state index contributed by atoms with van der Waals surface area (Å²) in [5, 5.41) is 9.21. The second-order valence-corrected chi connectivity index (χ2v) is 10.3. The first kappa shape index (κ1) is 19.7. The molecule has 0 bridgehead atoms. The van der Waals surface area contributed by atoms with Crippen LogP contribution in [-0.4, -0.2) is 9.97 Å². The molecule has 26 heavy (non-hydrogen) atoms. The Morgan fingerprint density at radius 1 is 0.808 bits per heavy atom. The molecule has 5 heteroatoms. The average molecular weight is 405 g/mol. The third-order valence-electron chi connectivity index (χ3n) is 4.79. The van der Waals surface area contributed by atoms with Gasteiger partial charge in [0.25, 0.3) is 0 Å². The van der Waals surface area contributed by atoms with E-state index in [1.54, 1.807) is 11.3 Å². The first-order chi connectivity index (χ1) is 12.3. The van der Waals surface area contributed by atoms with Crippen molar-refractivity contribution in [3.63, 3.8) is 0 Å². The summed E-state index contributed by atoms with van der Waals surface area (Å²) in [7, 11) is 0. The third kappa shape index (κ3) is 4.44. The van der Waals surface area contributed by atoms with Gasteiger partial charge >= 0.3 is 0 Å². The molecule has 0 amide bonds. The van der Waals surface area contributed by atoms with Crippen molar-refractivity contribution >= 4 is 34.0 Å². The van der Waals surface area contributed by atoms with Crippen LogP contribution in [0.5, 0.6) is 0 Å². The van der Waals surface area contributed by atoms with Crippen LogP contribution in [0, 0.1) is 13.8 Å². The number of aromatic nitrogens is 2. The first-order valence-corrected chi connectivity index (χ1v) is 11.9. The van der Waals surface area contributed by atoms with Crippen molar-refractivity contribution < 1.29 is 0 Å². The quantitative estimate of drug-likeness (QED) is 0.420. The van der Waals surface area contributed by atoms with Crippen LogP contribution in [0.15, 0.2) is 16.1 Å². The molecule has 0 aliphatic carbocycles. The Bertz CT molecular complexity index is 856. The van der Waals surface area contributed by atoms with E-state index in [2.05, 4.69) is 62.7 Å². The van der Waals surface area contributed by atoms with Crippen molar-refractivity contribution in [3.8, 4) is 0 Å². The molecule has 0 saturated carbocycles. The number of hydrogen-bond donors (Lipinski definition) is 0. The van der Waals surface area contributed by atoms with Gasteiger partial charge in [0.15, 0.2) is 0 Å². The Balaban J connectivity index is 1.65. The molecule has 0 radical (unpaired) electrons. The van der Waals surface area contributed by atoms with E-state index in [1.165, 1.54) is 31.7 Å². The number of hydrogen-bond acceptors (Lipinski definition) is 5. The molecule has 0 spiro atoms. The molecule has 0 fully saturated rings. The molecule has 0 N–H and O–H groups in total. The van der Waals surface area contributed by atoms with Crippen LogP contribution in [0.1, 0.15) is 82.9 Å². The van der Waals surface area contributed by atoms with Crippen LogP contribution in [0.4, 0.5) is 0 Å². The highest BCUT2D eigenvalue weighted by Gasteiger charge is 2.18. The van der Waals surface area contributed by atoms with E-state index < -0.39 is 0 Å². The molecule has 3 aromatic heterocycles. The highest BCUT2D eigenvalue weighted by atomic mass is 32.1. The molecule has 0 saturated heterocycles. The van der Waals surface area contributed by atoms with E-state index in [9.17, 15) is 0 Å². The van der Waals surface area contributed by atoms with Gasteiger partial charge in [0.1, 0.15) is 0 Å². The van der Waals surface area contributed by atoms with Gasteiger partial charge in [0, 0.05) is 33.2 Å². The maximum atomic E-state index is 4.95. The Labute approximate surface area is 169 Å². The van der Waals surface area contributed by atoms with Crippen molar-refractivity contribution in [3.05, 3.63) is 53.5 Å². The Morgan fingerprint density at radius 3 is 2.08 bits per heavy atom. The van der Waals surface area contributed by atoms with Crippen molar-refractivity contribution in [2.24, 2.45) is 0 Å². The predicted octanol–water partition coefficient (Wildman–Crippen LogP) is 7.09. The van der Waals surface area contributed by atoms with Gasteiger partial charge in [-0.15, -0.1) is 34.0 Å². The fraction of sp³-hybridized carbons (Fsp3) is 0.524. The van der Waals surface area contributed by atoms with Gasteiger partial charge in [-0.2, -0.15) is 0 Å². The van der Waals surface area contributed by atoms with E-state index >= 15 is 0 Å². The molecule has 2 nitrogen and oxygen atoms in total. The Kier molecular flexibility index (Phi) is 6.31. The van der Waals surface area contributed by atoms with Crippen LogP contribution in [0.2, 0.25) is 0 Å². The standard InChI is InChI=1S/C21H28N2S3/c1-12(2)19-16(6)17(10-24-19)7-13(3)21-23-18(11-26-21)8-14(4)20-22-15(5)9-25-20/h9-14H,7-8H2,1-6H3. The highest BCUT2D eigenvalue weighted by Crippen LogP contribution is 2.33. The molecule has 3 aromatic rings. The number of rotatable bonds is 7. The molecular weight excluding hydrogens is 376 g/mol. The molecule has 3 heterocycles. The number of nitrogens with zero attached hydrogens (tertiary/aromatic N) is 2. The average Bonchev–Trinajstić information content (AvgIpc) is 3.29. The molecule has 0 aromatic carbocycles. The normalized spacial score (nSPS) is 14.1. The summed E-state index contributed by atoms with van der Waals surface area (Å²) >= 11 is 5.49. The van der Waals surface area contributed by atoms with E-state index in [1.807, 2.05) is 22.7 Å². The second-order valence-electron chi connectivity index (χ2n) is 7.62. The summed E-state index contributed by atoms with van der Waals surface area (Å²) in [4.78, 5) is 11.1. The van der Waals surface area contributed by atoms with Gasteiger partial charge in [-0.3, -0.25) is 0 Å². The van der Waals surface area contributed by atoms with Crippen LogP contribution in [0.3, 0.4) is 0 Å². The predicted molar refractivity (Wildman–Crippen MR) is 116 cm³/mol. The monoisotopic (exact) mass is 404 g/mol. The largest absolute Gasteiger partial charge is 0.246 e. The summed E-state index contributed by atoms with van der Waals surface area (Å²) < 4.78 is 0. The number of thiophene rings is 1. The first-order valence-electron chi connectivity index (χ1n) is 9.28. The maximum Gasteiger partial charge on any atom is 0.0960 e. The Morgan fingerprint density at radius 2 is 1.46 bits per heavy atom. The minimum Gasteiger partial charge on any atom is -0.246 e. The number of thiazole rings is 2. The third-order valence-corrected chi connectivity index (χ3v) is 8.55. The molecule has 2 atom stereocenters. The van der Waals surface area contributed by atoms with Crippen LogP contribution >= 0.6 is 34.0 Å². The van der Waals surface area contributed by atoms with E-state index in [4.69, 9.17) is 4.98 Å². The summed E-state index contributed by atoms with van der Waals surface area (Å²) in [5.41, 5.74) is 5.31. The fourth-order valence-electron chi connectivity index (χ4n) is 3.30. The summed E-state index contributed by atoms with van der Waals surface area (Å²) in [6.45, 7) is 13.5. The smallest absolute Gasteiger partial charge is 0.0960 e. The minimum atomic E-state index is 0.437. The van der Waals surface area contributed by atoms with E-state index in [0.717, 1.165) is 18.5 Å². The SMILES string of the molecule is Cc1csc(C(C)Cc2csc(C(C)Cc3csc(C(C)C)c3C)n2)n1. The van der Waals surface area contributed by atoms with Crippen molar-refractivity contribution in [1.29, 1.82) is 0 Å². The fourth-order valence-corrected chi connectivity index (χ4v) is 6.17. The van der Waals surface area contributed by atoms with Gasteiger partial charge in [-0.1, -0.05) is 27.7 Å². The van der Waals surface area contributed by atoms with Gasteiger partial charge in [0.2, 0.25) is 0 Å². The van der Waals surface area contributed by atoms with Crippen LogP contribution < -0.4 is 0 Å². The van der Waals surface area contributed by atoms with E-state index in [-0.39, 0.29) is 0 Å². The summed E-state index contributed by atoms with van der Waals surface area (Å²) in [6, 6.07) is 0. The van der Waals surface area contributed by atoms with Crippen molar-refractivity contribution in [1.82, 2.24) is 9.97 Å². The summed E-state index contributed by atoms with van der Waals surface area (Å²) in [6.07, 6.45) is 2.06. The lowest BCUT2D eigenvalue weighted by atomic mass is 9.98. The second kappa shape index (κ2) is 8.32. The van der Waals surface area contributed by atoms with Gasteiger partial charge in [-0.25, -0.2) is 9.97 Å². The summed E-state index contributed by atoms with van der Waals surface area (Å²) in [5.74, 6) is 1.53. The minimum absolute atomic E-state index is 0.437. The number of aryl methyl sites for hydroxylation is 1.